The summed E-state index contributed by atoms with van der Waals surface area (Å²) in [5, 5.41) is 1.71. The monoisotopic (exact) mass is 311 g/mol. The molecule has 7 heteroatoms. The number of halogens is 1. The molecule has 0 aliphatic carbocycles. The standard InChI is InChI=1S/C10H10BrN5S/c1-6-4-14-10(16-12)15-9(6)17-8-3-2-7(11)5-13-8/h2-5H,12H2,1H3,(H,14,15,16). The van der Waals surface area contributed by atoms with Crippen molar-refractivity contribution in [1.82, 2.24) is 15.0 Å². The Morgan fingerprint density at radius 3 is 2.76 bits per heavy atom. The van der Waals surface area contributed by atoms with Crippen molar-refractivity contribution < 1.29 is 0 Å². The molecule has 0 aliphatic heterocycles. The van der Waals surface area contributed by atoms with E-state index in [4.69, 9.17) is 5.84 Å². The van der Waals surface area contributed by atoms with Gasteiger partial charge in [-0.15, -0.1) is 0 Å². The van der Waals surface area contributed by atoms with Crippen molar-refractivity contribution in [2.24, 2.45) is 5.84 Å². The third kappa shape index (κ3) is 3.15. The Balaban J connectivity index is 2.25. The Kier molecular flexibility index (Phi) is 3.93. The minimum atomic E-state index is 0.398. The van der Waals surface area contributed by atoms with E-state index in [1.807, 2.05) is 19.1 Å². The van der Waals surface area contributed by atoms with Gasteiger partial charge in [0.05, 0.1) is 0 Å². The van der Waals surface area contributed by atoms with E-state index in [9.17, 15) is 0 Å². The first kappa shape index (κ1) is 12.3. The number of hydrogen-bond donors (Lipinski definition) is 2. The number of aromatic nitrogens is 3. The molecule has 0 aromatic carbocycles. The highest BCUT2D eigenvalue weighted by atomic mass is 79.9. The molecule has 0 saturated carbocycles. The number of hydrazine groups is 1. The second-order valence-corrected chi connectivity index (χ2v) is 5.17. The third-order valence-electron chi connectivity index (χ3n) is 1.96. The average molecular weight is 312 g/mol. The first-order valence-corrected chi connectivity index (χ1v) is 6.39. The molecule has 0 spiro atoms. The molecular weight excluding hydrogens is 302 g/mol. The molecule has 2 aromatic rings. The van der Waals surface area contributed by atoms with Gasteiger partial charge in [-0.2, -0.15) is 0 Å². The smallest absolute Gasteiger partial charge is 0.238 e. The molecule has 0 amide bonds. The van der Waals surface area contributed by atoms with Gasteiger partial charge in [0, 0.05) is 22.4 Å². The highest BCUT2D eigenvalue weighted by Crippen LogP contribution is 2.27. The van der Waals surface area contributed by atoms with Crippen LogP contribution in [-0.2, 0) is 0 Å². The summed E-state index contributed by atoms with van der Waals surface area (Å²) in [4.78, 5) is 12.6. The zero-order valence-corrected chi connectivity index (χ0v) is 11.4. The lowest BCUT2D eigenvalue weighted by Crippen LogP contribution is -2.10. The van der Waals surface area contributed by atoms with E-state index in [0.29, 0.717) is 5.95 Å². The van der Waals surface area contributed by atoms with Crippen molar-refractivity contribution in [1.29, 1.82) is 0 Å². The Bertz CT molecular complexity index is 517. The fraction of sp³-hybridized carbons (Fsp3) is 0.100. The van der Waals surface area contributed by atoms with Crippen molar-refractivity contribution in [2.75, 3.05) is 5.43 Å². The number of nitrogens with two attached hydrogens (primary N) is 1. The van der Waals surface area contributed by atoms with Gasteiger partial charge in [-0.05, 0) is 46.7 Å². The predicted octanol–water partition coefficient (Wildman–Crippen LogP) is 2.38. The Morgan fingerprint density at radius 1 is 1.29 bits per heavy atom. The lowest BCUT2D eigenvalue weighted by Gasteiger charge is -2.05. The molecule has 0 aliphatic rings. The summed E-state index contributed by atoms with van der Waals surface area (Å²) in [6.07, 6.45) is 3.48. The second kappa shape index (κ2) is 5.44. The second-order valence-electron chi connectivity index (χ2n) is 3.24. The number of nitrogens with zero attached hydrogens (tertiary/aromatic N) is 3. The van der Waals surface area contributed by atoms with Crippen LogP contribution in [0.1, 0.15) is 5.56 Å². The lowest BCUT2D eigenvalue weighted by molar-refractivity contribution is 0.986. The van der Waals surface area contributed by atoms with Crippen LogP contribution < -0.4 is 11.3 Å². The van der Waals surface area contributed by atoms with Gasteiger partial charge in [-0.3, -0.25) is 5.43 Å². The summed E-state index contributed by atoms with van der Waals surface area (Å²) in [5.74, 6) is 5.67. The first-order valence-electron chi connectivity index (χ1n) is 4.78. The molecule has 2 heterocycles. The molecular formula is C10H10BrN5S. The van der Waals surface area contributed by atoms with E-state index in [2.05, 4.69) is 36.3 Å². The van der Waals surface area contributed by atoms with E-state index in [1.165, 1.54) is 11.8 Å². The van der Waals surface area contributed by atoms with Gasteiger partial charge in [-0.25, -0.2) is 20.8 Å². The maximum absolute atomic E-state index is 5.28. The fourth-order valence-corrected chi connectivity index (χ4v) is 2.14. The van der Waals surface area contributed by atoms with Crippen LogP contribution in [0, 0.1) is 6.92 Å². The Hall–Kier alpha value is -1.18. The number of pyridine rings is 1. The molecule has 0 radical (unpaired) electrons. The molecule has 2 rings (SSSR count). The Morgan fingerprint density at radius 2 is 2.12 bits per heavy atom. The summed E-state index contributed by atoms with van der Waals surface area (Å²) < 4.78 is 0.950. The van der Waals surface area contributed by atoms with E-state index < -0.39 is 0 Å². The number of aryl methyl sites for hydroxylation is 1. The average Bonchev–Trinajstić information content (AvgIpc) is 2.35. The lowest BCUT2D eigenvalue weighted by atomic mass is 10.4. The number of rotatable bonds is 3. The summed E-state index contributed by atoms with van der Waals surface area (Å²) in [6.45, 7) is 1.95. The van der Waals surface area contributed by atoms with Crippen molar-refractivity contribution >= 4 is 33.6 Å². The maximum atomic E-state index is 5.28. The van der Waals surface area contributed by atoms with Gasteiger partial charge in [0.1, 0.15) is 10.1 Å². The number of nitrogen functional groups attached to an aromatic ring is 1. The first-order chi connectivity index (χ1) is 8.19. The molecule has 0 unspecified atom stereocenters. The van der Waals surface area contributed by atoms with Crippen molar-refractivity contribution in [2.45, 2.75) is 17.0 Å². The predicted molar refractivity (Wildman–Crippen MR) is 70.6 cm³/mol. The summed E-state index contributed by atoms with van der Waals surface area (Å²) in [7, 11) is 0. The van der Waals surface area contributed by atoms with Crippen molar-refractivity contribution in [3.63, 3.8) is 0 Å². The van der Waals surface area contributed by atoms with Gasteiger partial charge in [0.15, 0.2) is 0 Å². The highest BCUT2D eigenvalue weighted by molar-refractivity contribution is 9.10. The van der Waals surface area contributed by atoms with E-state index in [-0.39, 0.29) is 0 Å². The van der Waals surface area contributed by atoms with E-state index in [1.54, 1.807) is 12.4 Å². The largest absolute Gasteiger partial charge is 0.292 e. The van der Waals surface area contributed by atoms with Crippen LogP contribution in [0.25, 0.3) is 0 Å². The van der Waals surface area contributed by atoms with Crippen molar-refractivity contribution in [3.8, 4) is 0 Å². The Labute approximate surface area is 111 Å². The topological polar surface area (TPSA) is 76.7 Å². The molecule has 88 valence electrons. The molecule has 0 fully saturated rings. The van der Waals surface area contributed by atoms with E-state index >= 15 is 0 Å². The number of nitrogens with one attached hydrogen (secondary N) is 1. The summed E-state index contributed by atoms with van der Waals surface area (Å²) in [5.41, 5.74) is 3.41. The zero-order valence-electron chi connectivity index (χ0n) is 9.01. The normalized spacial score (nSPS) is 10.3. The SMILES string of the molecule is Cc1cnc(NN)nc1Sc1ccc(Br)cn1. The van der Waals surface area contributed by atoms with Gasteiger partial charge in [0.25, 0.3) is 0 Å². The number of hydrogen-bond acceptors (Lipinski definition) is 6. The third-order valence-corrected chi connectivity index (χ3v) is 3.48. The van der Waals surface area contributed by atoms with Gasteiger partial charge >= 0.3 is 0 Å². The van der Waals surface area contributed by atoms with Gasteiger partial charge < -0.3 is 0 Å². The molecule has 17 heavy (non-hydrogen) atoms. The molecule has 2 aromatic heterocycles. The molecule has 0 atom stereocenters. The van der Waals surface area contributed by atoms with Gasteiger partial charge in [-0.1, -0.05) is 0 Å². The molecule has 0 bridgehead atoms. The maximum Gasteiger partial charge on any atom is 0.238 e. The van der Waals surface area contributed by atoms with Crippen LogP contribution in [0.2, 0.25) is 0 Å². The summed E-state index contributed by atoms with van der Waals surface area (Å²) in [6, 6.07) is 3.86. The minimum absolute atomic E-state index is 0.398. The van der Waals surface area contributed by atoms with Crippen LogP contribution >= 0.6 is 27.7 Å². The molecule has 5 nitrogen and oxygen atoms in total. The number of anilines is 1. The van der Waals surface area contributed by atoms with E-state index in [0.717, 1.165) is 20.1 Å². The van der Waals surface area contributed by atoms with Gasteiger partial charge in [0.2, 0.25) is 5.95 Å². The van der Waals surface area contributed by atoms with Crippen LogP contribution in [0.15, 0.2) is 39.1 Å². The fourth-order valence-electron chi connectivity index (χ4n) is 1.12. The summed E-state index contributed by atoms with van der Waals surface area (Å²) >= 11 is 4.82. The van der Waals surface area contributed by atoms with Crippen LogP contribution in [0.3, 0.4) is 0 Å². The highest BCUT2D eigenvalue weighted by Gasteiger charge is 2.06. The zero-order chi connectivity index (χ0) is 12.3. The van der Waals surface area contributed by atoms with Crippen molar-refractivity contribution in [3.05, 3.63) is 34.6 Å². The molecule has 3 N–H and O–H groups in total. The van der Waals surface area contributed by atoms with Crippen LogP contribution in [-0.4, -0.2) is 15.0 Å². The van der Waals surface area contributed by atoms with Crippen LogP contribution in [0.5, 0.6) is 0 Å². The van der Waals surface area contributed by atoms with Crippen LogP contribution in [0.4, 0.5) is 5.95 Å². The molecule has 0 saturated heterocycles. The quantitative estimate of drug-likeness (QED) is 0.515. The minimum Gasteiger partial charge on any atom is -0.292 e.